The van der Waals surface area contributed by atoms with Crippen molar-refractivity contribution in [1.29, 1.82) is 0 Å². The van der Waals surface area contributed by atoms with Crippen LogP contribution in [0.5, 0.6) is 11.5 Å². The van der Waals surface area contributed by atoms with E-state index < -0.39 is 11.9 Å². The molecular formula is C20H19ClN4O6S. The van der Waals surface area contributed by atoms with Crippen molar-refractivity contribution in [2.45, 2.75) is 20.0 Å². The number of rotatable bonds is 6. The fourth-order valence-electron chi connectivity index (χ4n) is 3.42. The van der Waals surface area contributed by atoms with Crippen LogP contribution >= 0.6 is 22.9 Å². The van der Waals surface area contributed by atoms with E-state index in [0.717, 1.165) is 11.3 Å². The Kier molecular flexibility index (Phi) is 6.02. The molecule has 1 saturated heterocycles. The van der Waals surface area contributed by atoms with E-state index in [-0.39, 0.29) is 31.0 Å². The van der Waals surface area contributed by atoms with Gasteiger partial charge < -0.3 is 19.1 Å². The molecule has 2 aromatic heterocycles. The zero-order valence-electron chi connectivity index (χ0n) is 17.5. The first-order chi connectivity index (χ1) is 15.3. The number of aryl methyl sites for hydroxylation is 1. The van der Waals surface area contributed by atoms with E-state index in [4.69, 9.17) is 25.8 Å². The van der Waals surface area contributed by atoms with E-state index in [9.17, 15) is 14.4 Å². The van der Waals surface area contributed by atoms with Gasteiger partial charge in [-0.25, -0.2) is 4.98 Å². The van der Waals surface area contributed by atoms with Crippen molar-refractivity contribution in [2.75, 3.05) is 25.7 Å². The van der Waals surface area contributed by atoms with Gasteiger partial charge in [-0.1, -0.05) is 22.9 Å². The SMILES string of the molecule is COc1cc(OC)c(N2CC(C(=O)OCc3nn4c(=O)cc(C)nc4s3)CC2=O)cc1Cl. The number of ether oxygens (including phenoxy) is 3. The molecule has 0 saturated carbocycles. The maximum Gasteiger partial charge on any atom is 0.311 e. The molecule has 32 heavy (non-hydrogen) atoms. The molecule has 10 nitrogen and oxygen atoms in total. The largest absolute Gasteiger partial charge is 0.495 e. The van der Waals surface area contributed by atoms with Crippen molar-refractivity contribution in [1.82, 2.24) is 14.6 Å². The third kappa shape index (κ3) is 4.13. The summed E-state index contributed by atoms with van der Waals surface area (Å²) in [5, 5.41) is 4.89. The van der Waals surface area contributed by atoms with Crippen LogP contribution in [0.4, 0.5) is 5.69 Å². The highest BCUT2D eigenvalue weighted by atomic mass is 35.5. The zero-order valence-corrected chi connectivity index (χ0v) is 19.0. The van der Waals surface area contributed by atoms with Crippen molar-refractivity contribution < 1.29 is 23.8 Å². The molecule has 3 heterocycles. The van der Waals surface area contributed by atoms with Gasteiger partial charge in [0, 0.05) is 30.8 Å². The molecule has 0 bridgehead atoms. The number of carbonyl (C=O) groups is 2. The average molecular weight is 479 g/mol. The lowest BCUT2D eigenvalue weighted by Crippen LogP contribution is -2.27. The molecule has 0 aliphatic carbocycles. The highest BCUT2D eigenvalue weighted by Gasteiger charge is 2.37. The molecule has 1 fully saturated rings. The number of hydrogen-bond acceptors (Lipinski definition) is 9. The van der Waals surface area contributed by atoms with Crippen molar-refractivity contribution in [2.24, 2.45) is 5.92 Å². The minimum atomic E-state index is -0.662. The van der Waals surface area contributed by atoms with Crippen LogP contribution < -0.4 is 19.9 Å². The summed E-state index contributed by atoms with van der Waals surface area (Å²) in [5.41, 5.74) is 0.733. The molecule has 168 valence electrons. The molecule has 0 N–H and O–H groups in total. The monoisotopic (exact) mass is 478 g/mol. The fourth-order valence-corrected chi connectivity index (χ4v) is 4.52. The number of methoxy groups -OCH3 is 2. The van der Waals surface area contributed by atoms with Gasteiger partial charge in [0.1, 0.15) is 18.1 Å². The second kappa shape index (κ2) is 8.75. The highest BCUT2D eigenvalue weighted by molar-refractivity contribution is 7.16. The van der Waals surface area contributed by atoms with Crippen LogP contribution in [0.15, 0.2) is 23.0 Å². The molecule has 1 aliphatic rings. The van der Waals surface area contributed by atoms with Gasteiger partial charge in [0.15, 0.2) is 5.01 Å². The zero-order chi connectivity index (χ0) is 23.0. The van der Waals surface area contributed by atoms with Gasteiger partial charge in [0.05, 0.1) is 30.8 Å². The first-order valence-electron chi connectivity index (χ1n) is 9.55. The molecule has 1 aromatic carbocycles. The lowest BCUT2D eigenvalue weighted by atomic mass is 10.1. The molecule has 1 atom stereocenters. The molecule has 1 aliphatic heterocycles. The molecule has 1 amide bonds. The van der Waals surface area contributed by atoms with E-state index in [2.05, 4.69) is 10.1 Å². The maximum atomic E-state index is 12.6. The van der Waals surface area contributed by atoms with Crippen molar-refractivity contribution in [3.8, 4) is 11.5 Å². The Bertz CT molecular complexity index is 1270. The van der Waals surface area contributed by atoms with Crippen molar-refractivity contribution in [3.05, 3.63) is 44.3 Å². The number of amides is 1. The highest BCUT2D eigenvalue weighted by Crippen LogP contribution is 2.40. The standard InChI is InChI=1S/C20H19ClN4O6S/c1-10-4-18(27)25-20(22-10)32-16(23-25)9-31-19(28)11-5-17(26)24(8-11)13-6-12(21)14(29-2)7-15(13)30-3/h4,6-7,11H,5,8-9H2,1-3H3. The van der Waals surface area contributed by atoms with Gasteiger partial charge in [0.2, 0.25) is 10.9 Å². The summed E-state index contributed by atoms with van der Waals surface area (Å²) in [6, 6.07) is 4.53. The number of nitrogens with zero attached hydrogens (tertiary/aromatic N) is 4. The fraction of sp³-hybridized carbons (Fsp3) is 0.350. The van der Waals surface area contributed by atoms with Gasteiger partial charge in [-0.3, -0.25) is 14.4 Å². The van der Waals surface area contributed by atoms with E-state index in [1.165, 1.54) is 29.7 Å². The number of fused-ring (bicyclic) bond motifs is 1. The number of aromatic nitrogens is 3. The predicted octanol–water partition coefficient (Wildman–Crippen LogP) is 2.23. The van der Waals surface area contributed by atoms with Gasteiger partial charge in [-0.05, 0) is 13.0 Å². The number of benzene rings is 1. The summed E-state index contributed by atoms with van der Waals surface area (Å²) in [6.07, 6.45) is -0.00825. The minimum Gasteiger partial charge on any atom is -0.495 e. The Morgan fingerprint density at radius 1 is 1.22 bits per heavy atom. The van der Waals surface area contributed by atoms with Gasteiger partial charge in [-0.2, -0.15) is 9.61 Å². The van der Waals surface area contributed by atoms with Gasteiger partial charge in [-0.15, -0.1) is 0 Å². The van der Waals surface area contributed by atoms with Crippen LogP contribution in [-0.2, 0) is 20.9 Å². The van der Waals surface area contributed by atoms with E-state index in [1.54, 1.807) is 19.1 Å². The summed E-state index contributed by atoms with van der Waals surface area (Å²) in [6.45, 7) is 1.72. The lowest BCUT2D eigenvalue weighted by Gasteiger charge is -2.20. The molecule has 1 unspecified atom stereocenters. The van der Waals surface area contributed by atoms with E-state index >= 15 is 0 Å². The summed E-state index contributed by atoms with van der Waals surface area (Å²) in [5.74, 6) is -0.635. The quantitative estimate of drug-likeness (QED) is 0.496. The molecule has 0 radical (unpaired) electrons. The molecule has 12 heteroatoms. The van der Waals surface area contributed by atoms with Crippen LogP contribution in [0.1, 0.15) is 17.1 Å². The van der Waals surface area contributed by atoms with Crippen LogP contribution in [0.3, 0.4) is 0 Å². The van der Waals surface area contributed by atoms with Gasteiger partial charge >= 0.3 is 5.97 Å². The predicted molar refractivity (Wildman–Crippen MR) is 117 cm³/mol. The Balaban J connectivity index is 1.46. The number of halogens is 1. The summed E-state index contributed by atoms with van der Waals surface area (Å²) >= 11 is 7.37. The van der Waals surface area contributed by atoms with E-state index in [1.807, 2.05) is 0 Å². The number of carbonyl (C=O) groups excluding carboxylic acids is 2. The Morgan fingerprint density at radius 3 is 2.69 bits per heavy atom. The second-order valence-corrected chi connectivity index (χ2v) is 8.55. The third-order valence-corrected chi connectivity index (χ3v) is 6.13. The van der Waals surface area contributed by atoms with Crippen LogP contribution in [-0.4, -0.2) is 47.2 Å². The van der Waals surface area contributed by atoms with Crippen molar-refractivity contribution >= 4 is 45.5 Å². The average Bonchev–Trinajstić information content (AvgIpc) is 3.35. The molecular weight excluding hydrogens is 460 g/mol. The number of anilines is 1. The maximum absolute atomic E-state index is 12.6. The topological polar surface area (TPSA) is 112 Å². The lowest BCUT2D eigenvalue weighted by molar-refractivity contribution is -0.149. The van der Waals surface area contributed by atoms with E-state index in [0.29, 0.717) is 37.9 Å². The van der Waals surface area contributed by atoms with Crippen LogP contribution in [0.25, 0.3) is 4.96 Å². The number of hydrogen-bond donors (Lipinski definition) is 0. The molecule has 0 spiro atoms. The smallest absolute Gasteiger partial charge is 0.311 e. The Hall–Kier alpha value is -3.18. The van der Waals surface area contributed by atoms with Crippen LogP contribution in [0, 0.1) is 12.8 Å². The van der Waals surface area contributed by atoms with Crippen molar-refractivity contribution in [3.63, 3.8) is 0 Å². The first-order valence-corrected chi connectivity index (χ1v) is 10.7. The molecule has 3 aromatic rings. The number of esters is 1. The summed E-state index contributed by atoms with van der Waals surface area (Å²) < 4.78 is 17.1. The normalized spacial score (nSPS) is 15.9. The minimum absolute atomic E-state index is 0.00825. The second-order valence-electron chi connectivity index (χ2n) is 7.10. The molecule has 4 rings (SSSR count). The Morgan fingerprint density at radius 2 is 1.97 bits per heavy atom. The van der Waals surface area contributed by atoms with Gasteiger partial charge in [0.25, 0.3) is 5.56 Å². The Labute approximate surface area is 191 Å². The first kappa shape index (κ1) is 22.0. The summed E-state index contributed by atoms with van der Waals surface area (Å²) in [4.78, 5) is 43.3. The summed E-state index contributed by atoms with van der Waals surface area (Å²) in [7, 11) is 2.95. The van der Waals surface area contributed by atoms with Crippen LogP contribution in [0.2, 0.25) is 5.02 Å². The third-order valence-electron chi connectivity index (χ3n) is 4.96.